The maximum absolute atomic E-state index is 13.2. The molecule has 3 aromatic carbocycles. The van der Waals surface area contributed by atoms with Gasteiger partial charge in [-0.25, -0.2) is 0 Å². The van der Waals surface area contributed by atoms with E-state index in [1.807, 2.05) is 13.8 Å². The quantitative estimate of drug-likeness (QED) is 0.503. The highest BCUT2D eigenvalue weighted by molar-refractivity contribution is 6.05. The van der Waals surface area contributed by atoms with Gasteiger partial charge in [-0.1, -0.05) is 17.7 Å². The van der Waals surface area contributed by atoms with Gasteiger partial charge in [0.1, 0.15) is 11.5 Å². The number of nitrogens with one attached hydrogen (secondary N) is 1. The normalized spacial score (nSPS) is 11.1. The molecular weight excluding hydrogens is 395 g/mol. The zero-order valence-electron chi connectivity index (χ0n) is 16.4. The minimum absolute atomic E-state index is 0.0794. The second-order valence-corrected chi connectivity index (χ2v) is 6.54. The molecule has 0 fully saturated rings. The van der Waals surface area contributed by atoms with Crippen molar-refractivity contribution in [1.29, 1.82) is 0 Å². The Bertz CT molecular complexity index is 1010. The highest BCUT2D eigenvalue weighted by atomic mass is 19.4. The minimum Gasteiger partial charge on any atom is -0.494 e. The van der Waals surface area contributed by atoms with Crippen LogP contribution in [0.15, 0.2) is 66.7 Å². The standard InChI is InChI=1S/C23H20F3NO3/c1-3-29-18-9-11-19(12-10-18)30-21-13-8-17(23(24,25)26)14-20(21)27-22(28)16-6-4-15(2)5-7-16/h4-14H,3H2,1-2H3,(H,27,28). The SMILES string of the molecule is CCOc1ccc(Oc2ccc(C(F)(F)F)cc2NC(=O)c2ccc(C)cc2)cc1. The molecule has 0 aliphatic heterocycles. The van der Waals surface area contributed by atoms with Crippen LogP contribution >= 0.6 is 0 Å². The molecule has 0 atom stereocenters. The van der Waals surface area contributed by atoms with E-state index in [4.69, 9.17) is 9.47 Å². The smallest absolute Gasteiger partial charge is 0.416 e. The number of carbonyl (C=O) groups is 1. The van der Waals surface area contributed by atoms with Crippen LogP contribution in [0.1, 0.15) is 28.4 Å². The fourth-order valence-electron chi connectivity index (χ4n) is 2.69. The molecule has 3 aromatic rings. The third kappa shape index (κ3) is 5.31. The van der Waals surface area contributed by atoms with Crippen LogP contribution in [0.25, 0.3) is 0 Å². The Morgan fingerprint density at radius 2 is 1.57 bits per heavy atom. The van der Waals surface area contributed by atoms with Gasteiger partial charge in [-0.05, 0) is 68.4 Å². The molecule has 30 heavy (non-hydrogen) atoms. The maximum Gasteiger partial charge on any atom is 0.416 e. The molecule has 0 radical (unpaired) electrons. The first-order valence-corrected chi connectivity index (χ1v) is 9.26. The van der Waals surface area contributed by atoms with Crippen molar-refractivity contribution in [2.45, 2.75) is 20.0 Å². The van der Waals surface area contributed by atoms with E-state index in [0.29, 0.717) is 23.7 Å². The average Bonchev–Trinajstić information content (AvgIpc) is 2.70. The fourth-order valence-corrected chi connectivity index (χ4v) is 2.69. The van der Waals surface area contributed by atoms with Crippen molar-refractivity contribution in [3.05, 3.63) is 83.4 Å². The third-order valence-corrected chi connectivity index (χ3v) is 4.23. The van der Waals surface area contributed by atoms with Crippen LogP contribution in [0.5, 0.6) is 17.2 Å². The number of carbonyl (C=O) groups excluding carboxylic acids is 1. The lowest BCUT2D eigenvalue weighted by molar-refractivity contribution is -0.137. The summed E-state index contributed by atoms with van der Waals surface area (Å²) in [6.45, 7) is 4.24. The zero-order chi connectivity index (χ0) is 21.7. The Labute approximate surface area is 172 Å². The van der Waals surface area contributed by atoms with E-state index < -0.39 is 17.6 Å². The summed E-state index contributed by atoms with van der Waals surface area (Å²) in [4.78, 5) is 12.5. The van der Waals surface area contributed by atoms with Crippen molar-refractivity contribution < 1.29 is 27.4 Å². The predicted octanol–water partition coefficient (Wildman–Crippen LogP) is 6.46. The number of rotatable bonds is 6. The van der Waals surface area contributed by atoms with Crippen LogP contribution in [-0.2, 0) is 6.18 Å². The number of halogens is 3. The predicted molar refractivity (Wildman–Crippen MR) is 108 cm³/mol. The Kier molecular flexibility index (Phi) is 6.30. The van der Waals surface area contributed by atoms with E-state index in [2.05, 4.69) is 5.32 Å². The molecule has 0 saturated heterocycles. The molecule has 0 saturated carbocycles. The van der Waals surface area contributed by atoms with Crippen molar-refractivity contribution in [2.75, 3.05) is 11.9 Å². The van der Waals surface area contributed by atoms with Crippen LogP contribution < -0.4 is 14.8 Å². The van der Waals surface area contributed by atoms with Gasteiger partial charge in [0.25, 0.3) is 5.91 Å². The number of hydrogen-bond donors (Lipinski definition) is 1. The Hall–Kier alpha value is -3.48. The summed E-state index contributed by atoms with van der Waals surface area (Å²) in [7, 11) is 0. The summed E-state index contributed by atoms with van der Waals surface area (Å²) in [5.74, 6) is 0.590. The lowest BCUT2D eigenvalue weighted by atomic mass is 10.1. The van der Waals surface area contributed by atoms with Crippen molar-refractivity contribution in [3.63, 3.8) is 0 Å². The summed E-state index contributed by atoms with van der Waals surface area (Å²) in [5, 5.41) is 2.52. The lowest BCUT2D eigenvalue weighted by Crippen LogP contribution is -2.14. The molecule has 1 N–H and O–H groups in total. The first-order valence-electron chi connectivity index (χ1n) is 9.26. The van der Waals surface area contributed by atoms with E-state index in [0.717, 1.165) is 17.7 Å². The van der Waals surface area contributed by atoms with Crippen molar-refractivity contribution in [3.8, 4) is 17.2 Å². The van der Waals surface area contributed by atoms with Crippen molar-refractivity contribution in [2.24, 2.45) is 0 Å². The van der Waals surface area contributed by atoms with Crippen LogP contribution in [0.3, 0.4) is 0 Å². The Morgan fingerprint density at radius 3 is 2.17 bits per heavy atom. The van der Waals surface area contributed by atoms with E-state index in [-0.39, 0.29) is 11.4 Å². The van der Waals surface area contributed by atoms with Gasteiger partial charge in [-0.15, -0.1) is 0 Å². The van der Waals surface area contributed by atoms with Gasteiger partial charge < -0.3 is 14.8 Å². The monoisotopic (exact) mass is 415 g/mol. The van der Waals surface area contributed by atoms with Crippen LogP contribution in [-0.4, -0.2) is 12.5 Å². The third-order valence-electron chi connectivity index (χ3n) is 4.23. The van der Waals surface area contributed by atoms with Crippen LogP contribution in [0, 0.1) is 6.92 Å². The first kappa shape index (κ1) is 21.2. The number of ether oxygens (including phenoxy) is 2. The molecule has 0 spiro atoms. The molecule has 0 heterocycles. The maximum atomic E-state index is 13.2. The fraction of sp³-hybridized carbons (Fsp3) is 0.174. The molecule has 156 valence electrons. The number of alkyl halides is 3. The minimum atomic E-state index is -4.55. The summed E-state index contributed by atoms with van der Waals surface area (Å²) < 4.78 is 50.6. The van der Waals surface area contributed by atoms with Gasteiger partial charge in [0.2, 0.25) is 0 Å². The highest BCUT2D eigenvalue weighted by Gasteiger charge is 2.31. The highest BCUT2D eigenvalue weighted by Crippen LogP contribution is 2.37. The van der Waals surface area contributed by atoms with Gasteiger partial charge in [-0.3, -0.25) is 4.79 Å². The number of benzene rings is 3. The molecule has 4 nitrogen and oxygen atoms in total. The summed E-state index contributed by atoms with van der Waals surface area (Å²) >= 11 is 0. The summed E-state index contributed by atoms with van der Waals surface area (Å²) in [5.41, 5.74) is 0.320. The zero-order valence-corrected chi connectivity index (χ0v) is 16.4. The molecule has 0 bridgehead atoms. The van der Waals surface area contributed by atoms with Crippen LogP contribution in [0.2, 0.25) is 0 Å². The second-order valence-electron chi connectivity index (χ2n) is 6.54. The largest absolute Gasteiger partial charge is 0.494 e. The van der Waals surface area contributed by atoms with Crippen LogP contribution in [0.4, 0.5) is 18.9 Å². The van der Waals surface area contributed by atoms with Gasteiger partial charge in [0.15, 0.2) is 5.75 Å². The van der Waals surface area contributed by atoms with Gasteiger partial charge in [-0.2, -0.15) is 13.2 Å². The molecule has 3 rings (SSSR count). The van der Waals surface area contributed by atoms with Crippen molar-refractivity contribution >= 4 is 11.6 Å². The van der Waals surface area contributed by atoms with Gasteiger partial charge >= 0.3 is 6.18 Å². The number of amides is 1. The van der Waals surface area contributed by atoms with Gasteiger partial charge in [0, 0.05) is 5.56 Å². The molecule has 1 amide bonds. The van der Waals surface area contributed by atoms with Crippen molar-refractivity contribution in [1.82, 2.24) is 0 Å². The second kappa shape index (κ2) is 8.90. The molecule has 0 unspecified atom stereocenters. The number of hydrogen-bond acceptors (Lipinski definition) is 3. The number of anilines is 1. The van der Waals surface area contributed by atoms with E-state index in [9.17, 15) is 18.0 Å². The van der Waals surface area contributed by atoms with E-state index >= 15 is 0 Å². The Balaban J connectivity index is 1.90. The molecule has 0 aliphatic carbocycles. The molecule has 0 aromatic heterocycles. The summed E-state index contributed by atoms with van der Waals surface area (Å²) in [6.07, 6.45) is -4.55. The Morgan fingerprint density at radius 1 is 0.933 bits per heavy atom. The van der Waals surface area contributed by atoms with E-state index in [1.165, 1.54) is 6.07 Å². The van der Waals surface area contributed by atoms with E-state index in [1.54, 1.807) is 48.5 Å². The first-order chi connectivity index (χ1) is 14.3. The number of aryl methyl sites for hydroxylation is 1. The topological polar surface area (TPSA) is 47.6 Å². The lowest BCUT2D eigenvalue weighted by Gasteiger charge is -2.15. The molecule has 0 aliphatic rings. The average molecular weight is 415 g/mol. The summed E-state index contributed by atoms with van der Waals surface area (Å²) in [6, 6.07) is 16.3. The van der Waals surface area contributed by atoms with Gasteiger partial charge in [0.05, 0.1) is 17.9 Å². The molecular formula is C23H20F3NO3. The molecule has 7 heteroatoms.